The van der Waals surface area contributed by atoms with Crippen LogP contribution in [-0.2, 0) is 11.2 Å². The summed E-state index contributed by atoms with van der Waals surface area (Å²) in [5.74, 6) is 0.579. The molecule has 1 N–H and O–H groups in total. The van der Waals surface area contributed by atoms with E-state index in [0.29, 0.717) is 31.8 Å². The SMILES string of the molecule is CC(C)CCN(CCC#N)C(=O)Cc1[nH]nc2ccccc12. The summed E-state index contributed by atoms with van der Waals surface area (Å²) in [6, 6.07) is 9.87. The number of para-hydroxylation sites is 1. The van der Waals surface area contributed by atoms with Crippen molar-refractivity contribution in [2.45, 2.75) is 33.1 Å². The first-order valence-electron chi connectivity index (χ1n) is 7.68. The zero-order valence-electron chi connectivity index (χ0n) is 13.2. The van der Waals surface area contributed by atoms with E-state index in [2.05, 4.69) is 30.1 Å². The van der Waals surface area contributed by atoms with Crippen LogP contribution in [0, 0.1) is 17.2 Å². The summed E-state index contributed by atoms with van der Waals surface area (Å²) in [5.41, 5.74) is 1.71. The fourth-order valence-corrected chi connectivity index (χ4v) is 2.37. The van der Waals surface area contributed by atoms with E-state index in [-0.39, 0.29) is 5.91 Å². The Balaban J connectivity index is 2.07. The molecule has 0 unspecified atom stereocenters. The molecule has 5 heteroatoms. The molecular weight excluding hydrogens is 276 g/mol. The first-order valence-corrected chi connectivity index (χ1v) is 7.68. The third kappa shape index (κ3) is 4.08. The van der Waals surface area contributed by atoms with Crippen molar-refractivity contribution in [3.8, 4) is 6.07 Å². The van der Waals surface area contributed by atoms with Crippen LogP contribution >= 0.6 is 0 Å². The number of benzene rings is 1. The Kier molecular flexibility index (Phi) is 5.54. The summed E-state index contributed by atoms with van der Waals surface area (Å²) < 4.78 is 0. The second kappa shape index (κ2) is 7.60. The molecule has 1 aromatic heterocycles. The molecular formula is C17H22N4O. The maximum atomic E-state index is 12.5. The van der Waals surface area contributed by atoms with E-state index in [4.69, 9.17) is 5.26 Å². The number of aromatic amines is 1. The van der Waals surface area contributed by atoms with Gasteiger partial charge >= 0.3 is 0 Å². The van der Waals surface area contributed by atoms with Gasteiger partial charge in [0, 0.05) is 18.5 Å². The fourth-order valence-electron chi connectivity index (χ4n) is 2.37. The molecule has 116 valence electrons. The Morgan fingerprint density at radius 2 is 2.14 bits per heavy atom. The minimum atomic E-state index is 0.0466. The summed E-state index contributed by atoms with van der Waals surface area (Å²) in [6.07, 6.45) is 1.61. The molecule has 0 spiro atoms. The third-order valence-corrected chi connectivity index (χ3v) is 3.69. The molecule has 0 atom stereocenters. The number of H-pyrrole nitrogens is 1. The van der Waals surface area contributed by atoms with E-state index in [9.17, 15) is 4.79 Å². The quantitative estimate of drug-likeness (QED) is 0.854. The number of fused-ring (bicyclic) bond motifs is 1. The molecule has 0 aliphatic carbocycles. The van der Waals surface area contributed by atoms with Gasteiger partial charge < -0.3 is 4.90 Å². The van der Waals surface area contributed by atoms with Crippen LogP contribution in [0.3, 0.4) is 0 Å². The number of hydrogen-bond acceptors (Lipinski definition) is 3. The first-order chi connectivity index (χ1) is 10.6. The zero-order chi connectivity index (χ0) is 15.9. The van der Waals surface area contributed by atoms with Crippen LogP contribution in [0.4, 0.5) is 0 Å². The molecule has 0 saturated heterocycles. The monoisotopic (exact) mass is 298 g/mol. The lowest BCUT2D eigenvalue weighted by Gasteiger charge is -2.22. The smallest absolute Gasteiger partial charge is 0.228 e. The lowest BCUT2D eigenvalue weighted by Crippen LogP contribution is -2.34. The van der Waals surface area contributed by atoms with Gasteiger partial charge in [0.2, 0.25) is 5.91 Å². The van der Waals surface area contributed by atoms with Crippen molar-refractivity contribution in [1.29, 1.82) is 5.26 Å². The van der Waals surface area contributed by atoms with E-state index in [1.807, 2.05) is 24.3 Å². The maximum absolute atomic E-state index is 12.5. The van der Waals surface area contributed by atoms with Crippen molar-refractivity contribution >= 4 is 16.8 Å². The molecule has 0 aliphatic rings. The van der Waals surface area contributed by atoms with E-state index in [1.165, 1.54) is 0 Å². The van der Waals surface area contributed by atoms with Gasteiger partial charge in [-0.3, -0.25) is 9.89 Å². The van der Waals surface area contributed by atoms with Gasteiger partial charge in [-0.05, 0) is 18.4 Å². The zero-order valence-corrected chi connectivity index (χ0v) is 13.2. The highest BCUT2D eigenvalue weighted by molar-refractivity contribution is 5.87. The predicted octanol–water partition coefficient (Wildman–Crippen LogP) is 2.89. The molecule has 2 aromatic rings. The normalized spacial score (nSPS) is 10.8. The van der Waals surface area contributed by atoms with Gasteiger partial charge in [-0.2, -0.15) is 10.4 Å². The van der Waals surface area contributed by atoms with E-state index < -0.39 is 0 Å². The molecule has 0 bridgehead atoms. The number of amides is 1. The van der Waals surface area contributed by atoms with Crippen LogP contribution in [0.1, 0.15) is 32.4 Å². The Morgan fingerprint density at radius 1 is 1.36 bits per heavy atom. The first kappa shape index (κ1) is 16.0. The van der Waals surface area contributed by atoms with Crippen molar-refractivity contribution in [2.75, 3.05) is 13.1 Å². The van der Waals surface area contributed by atoms with Crippen LogP contribution in [0.15, 0.2) is 24.3 Å². The van der Waals surface area contributed by atoms with Crippen LogP contribution in [0.25, 0.3) is 10.9 Å². The number of nitrogens with one attached hydrogen (secondary N) is 1. The molecule has 22 heavy (non-hydrogen) atoms. The average Bonchev–Trinajstić information content (AvgIpc) is 2.90. The van der Waals surface area contributed by atoms with Gasteiger partial charge in [-0.1, -0.05) is 32.0 Å². The van der Waals surface area contributed by atoms with Crippen molar-refractivity contribution in [3.05, 3.63) is 30.0 Å². The molecule has 5 nitrogen and oxygen atoms in total. The highest BCUT2D eigenvalue weighted by atomic mass is 16.2. The number of nitriles is 1. The minimum Gasteiger partial charge on any atom is -0.341 e. The Bertz CT molecular complexity index is 669. The molecule has 0 fully saturated rings. The topological polar surface area (TPSA) is 72.8 Å². The number of carbonyl (C=O) groups excluding carboxylic acids is 1. The summed E-state index contributed by atoms with van der Waals surface area (Å²) in [5, 5.41) is 16.9. The Morgan fingerprint density at radius 3 is 2.86 bits per heavy atom. The summed E-state index contributed by atoms with van der Waals surface area (Å²) in [6.45, 7) is 5.46. The predicted molar refractivity (Wildman–Crippen MR) is 86.1 cm³/mol. The number of rotatable bonds is 7. The Labute approximate surface area is 130 Å². The van der Waals surface area contributed by atoms with E-state index in [1.54, 1.807) is 4.90 Å². The lowest BCUT2D eigenvalue weighted by atomic mass is 10.1. The third-order valence-electron chi connectivity index (χ3n) is 3.69. The van der Waals surface area contributed by atoms with Crippen molar-refractivity contribution in [3.63, 3.8) is 0 Å². The number of aromatic nitrogens is 2. The molecule has 1 aromatic carbocycles. The van der Waals surface area contributed by atoms with Gasteiger partial charge in [0.25, 0.3) is 0 Å². The van der Waals surface area contributed by atoms with Crippen LogP contribution in [0.2, 0.25) is 0 Å². The molecule has 1 heterocycles. The molecule has 0 radical (unpaired) electrons. The van der Waals surface area contributed by atoms with E-state index in [0.717, 1.165) is 23.0 Å². The number of carbonyl (C=O) groups is 1. The van der Waals surface area contributed by atoms with Gasteiger partial charge in [-0.25, -0.2) is 0 Å². The molecule has 0 aliphatic heterocycles. The largest absolute Gasteiger partial charge is 0.341 e. The fraction of sp³-hybridized carbons (Fsp3) is 0.471. The van der Waals surface area contributed by atoms with Crippen LogP contribution < -0.4 is 0 Å². The standard InChI is InChI=1S/C17H22N4O/c1-13(2)8-11-21(10-5-9-18)17(22)12-16-14-6-3-4-7-15(14)19-20-16/h3-4,6-7,13H,5,8,10-12H2,1-2H3,(H,19,20). The average molecular weight is 298 g/mol. The number of nitrogens with zero attached hydrogens (tertiary/aromatic N) is 3. The van der Waals surface area contributed by atoms with Crippen molar-refractivity contribution in [2.24, 2.45) is 5.92 Å². The number of hydrogen-bond donors (Lipinski definition) is 1. The Hall–Kier alpha value is -2.35. The second-order valence-corrected chi connectivity index (χ2v) is 5.87. The van der Waals surface area contributed by atoms with Crippen LogP contribution in [0.5, 0.6) is 0 Å². The summed E-state index contributed by atoms with van der Waals surface area (Å²) >= 11 is 0. The maximum Gasteiger partial charge on any atom is 0.228 e. The van der Waals surface area contributed by atoms with Crippen molar-refractivity contribution < 1.29 is 4.79 Å². The van der Waals surface area contributed by atoms with Gasteiger partial charge in [0.05, 0.1) is 30.1 Å². The molecule has 0 saturated carbocycles. The van der Waals surface area contributed by atoms with Gasteiger partial charge in [0.15, 0.2) is 0 Å². The minimum absolute atomic E-state index is 0.0466. The second-order valence-electron chi connectivity index (χ2n) is 5.87. The molecule has 2 rings (SSSR count). The van der Waals surface area contributed by atoms with Gasteiger partial charge in [-0.15, -0.1) is 0 Å². The highest BCUT2D eigenvalue weighted by Crippen LogP contribution is 2.16. The van der Waals surface area contributed by atoms with Crippen LogP contribution in [-0.4, -0.2) is 34.1 Å². The summed E-state index contributed by atoms with van der Waals surface area (Å²) in [7, 11) is 0. The highest BCUT2D eigenvalue weighted by Gasteiger charge is 2.16. The lowest BCUT2D eigenvalue weighted by molar-refractivity contribution is -0.130. The summed E-state index contributed by atoms with van der Waals surface area (Å²) in [4.78, 5) is 14.3. The van der Waals surface area contributed by atoms with Crippen molar-refractivity contribution in [1.82, 2.24) is 15.1 Å². The molecule has 1 amide bonds. The van der Waals surface area contributed by atoms with Gasteiger partial charge in [0.1, 0.15) is 0 Å². The van der Waals surface area contributed by atoms with E-state index >= 15 is 0 Å².